The maximum atomic E-state index is 11.8. The summed E-state index contributed by atoms with van der Waals surface area (Å²) < 4.78 is 4.86. The summed E-state index contributed by atoms with van der Waals surface area (Å²) in [4.78, 5) is 11.8. The zero-order valence-electron chi connectivity index (χ0n) is 10.8. The molecule has 0 spiro atoms. The van der Waals surface area contributed by atoms with Gasteiger partial charge in [-0.2, -0.15) is 0 Å². The highest BCUT2D eigenvalue weighted by molar-refractivity contribution is 5.94. The Bertz CT molecular complexity index is 546. The van der Waals surface area contributed by atoms with Gasteiger partial charge >= 0.3 is 0 Å². The summed E-state index contributed by atoms with van der Waals surface area (Å²) >= 11 is 0. The molecule has 0 atom stereocenters. The van der Waals surface area contributed by atoms with E-state index < -0.39 is 0 Å². The molecule has 3 N–H and O–H groups in total. The highest BCUT2D eigenvalue weighted by atomic mass is 16.5. The Hall–Kier alpha value is -2.14. The number of rotatable bonds is 5. The molecule has 0 unspecified atom stereocenters. The quantitative estimate of drug-likeness (QED) is 0.850. The second-order valence-corrected chi connectivity index (χ2v) is 4.33. The first-order valence-corrected chi connectivity index (χ1v) is 6.18. The average molecular weight is 259 g/mol. The second-order valence-electron chi connectivity index (χ2n) is 4.33. The van der Waals surface area contributed by atoms with Crippen molar-refractivity contribution >= 4 is 5.91 Å². The number of nitrogens with one attached hydrogen (secondary N) is 1. The number of amides is 1. The summed E-state index contributed by atoms with van der Waals surface area (Å²) in [5.74, 6) is 0.348. The van der Waals surface area contributed by atoms with E-state index in [2.05, 4.69) is 10.5 Å². The molecular formula is C14H17N3O2. The molecule has 19 heavy (non-hydrogen) atoms. The van der Waals surface area contributed by atoms with Crippen LogP contribution in [0.25, 0.3) is 0 Å². The molecule has 5 nitrogen and oxygen atoms in total. The lowest BCUT2D eigenvalue weighted by Crippen LogP contribution is -2.22. The first kappa shape index (κ1) is 13.3. The van der Waals surface area contributed by atoms with Crippen LogP contribution in [0.4, 0.5) is 0 Å². The Kier molecular flexibility index (Phi) is 4.30. The third kappa shape index (κ3) is 3.42. The minimum absolute atomic E-state index is 0.176. The number of hydrogen-bond acceptors (Lipinski definition) is 4. The maximum Gasteiger partial charge on any atom is 0.256 e. The molecule has 0 aliphatic rings. The van der Waals surface area contributed by atoms with Crippen LogP contribution in [0.15, 0.2) is 35.0 Å². The first-order chi connectivity index (χ1) is 9.20. The summed E-state index contributed by atoms with van der Waals surface area (Å²) in [6.07, 6.45) is 2.29. The SMILES string of the molecule is Cc1oncc1C(=O)NCc1ccc(CCN)cc1. The third-order valence-corrected chi connectivity index (χ3v) is 2.90. The molecule has 100 valence electrons. The Morgan fingerprint density at radius 2 is 2.00 bits per heavy atom. The van der Waals surface area contributed by atoms with E-state index in [-0.39, 0.29) is 5.91 Å². The maximum absolute atomic E-state index is 11.8. The predicted octanol–water partition coefficient (Wildman–Crippen LogP) is 1.41. The van der Waals surface area contributed by atoms with Gasteiger partial charge in [-0.3, -0.25) is 4.79 Å². The smallest absolute Gasteiger partial charge is 0.256 e. The van der Waals surface area contributed by atoms with Crippen molar-refractivity contribution in [2.45, 2.75) is 19.9 Å². The van der Waals surface area contributed by atoms with Crippen molar-refractivity contribution in [3.8, 4) is 0 Å². The van der Waals surface area contributed by atoms with Gasteiger partial charge in [0.15, 0.2) is 0 Å². The summed E-state index contributed by atoms with van der Waals surface area (Å²) in [5.41, 5.74) is 8.21. The van der Waals surface area contributed by atoms with Crippen molar-refractivity contribution < 1.29 is 9.32 Å². The van der Waals surface area contributed by atoms with Gasteiger partial charge < -0.3 is 15.6 Å². The lowest BCUT2D eigenvalue weighted by atomic mass is 10.1. The molecule has 0 saturated carbocycles. The van der Waals surface area contributed by atoms with Crippen LogP contribution in [0.5, 0.6) is 0 Å². The van der Waals surface area contributed by atoms with E-state index in [9.17, 15) is 4.79 Å². The number of carbonyl (C=O) groups excluding carboxylic acids is 1. The summed E-state index contributed by atoms with van der Waals surface area (Å²) in [7, 11) is 0. The lowest BCUT2D eigenvalue weighted by Gasteiger charge is -2.05. The van der Waals surface area contributed by atoms with Gasteiger partial charge in [-0.1, -0.05) is 29.4 Å². The molecule has 0 saturated heterocycles. The van der Waals surface area contributed by atoms with E-state index in [1.807, 2.05) is 24.3 Å². The zero-order valence-corrected chi connectivity index (χ0v) is 10.8. The van der Waals surface area contributed by atoms with Gasteiger partial charge in [0.25, 0.3) is 5.91 Å². The second kappa shape index (κ2) is 6.15. The van der Waals surface area contributed by atoms with Crippen LogP contribution in [0.2, 0.25) is 0 Å². The van der Waals surface area contributed by atoms with E-state index in [1.165, 1.54) is 11.8 Å². The highest BCUT2D eigenvalue weighted by Gasteiger charge is 2.11. The molecule has 0 aliphatic carbocycles. The highest BCUT2D eigenvalue weighted by Crippen LogP contribution is 2.07. The normalized spacial score (nSPS) is 10.4. The predicted molar refractivity (Wildman–Crippen MR) is 71.6 cm³/mol. The van der Waals surface area contributed by atoms with E-state index in [4.69, 9.17) is 10.3 Å². The molecule has 1 amide bonds. The Labute approximate surface area is 111 Å². The van der Waals surface area contributed by atoms with Crippen LogP contribution in [-0.4, -0.2) is 17.6 Å². The number of nitrogens with two attached hydrogens (primary N) is 1. The van der Waals surface area contributed by atoms with Crippen LogP contribution >= 0.6 is 0 Å². The van der Waals surface area contributed by atoms with Crippen LogP contribution in [-0.2, 0) is 13.0 Å². The number of aryl methyl sites for hydroxylation is 1. The van der Waals surface area contributed by atoms with E-state index >= 15 is 0 Å². The Balaban J connectivity index is 1.92. The van der Waals surface area contributed by atoms with Crippen molar-refractivity contribution in [3.63, 3.8) is 0 Å². The summed E-state index contributed by atoms with van der Waals surface area (Å²) in [6, 6.07) is 8.04. The summed E-state index contributed by atoms with van der Waals surface area (Å²) in [5, 5.41) is 6.41. The number of nitrogens with zero attached hydrogens (tertiary/aromatic N) is 1. The average Bonchev–Trinajstić information content (AvgIpc) is 2.84. The molecule has 5 heteroatoms. The fourth-order valence-electron chi connectivity index (χ4n) is 1.78. The third-order valence-electron chi connectivity index (χ3n) is 2.90. The van der Waals surface area contributed by atoms with Gasteiger partial charge in [0, 0.05) is 6.54 Å². The Morgan fingerprint density at radius 3 is 2.58 bits per heavy atom. The molecule has 2 rings (SSSR count). The molecule has 1 heterocycles. The molecule has 0 fully saturated rings. The monoisotopic (exact) mass is 259 g/mol. The molecule has 1 aromatic carbocycles. The minimum atomic E-state index is -0.176. The van der Waals surface area contributed by atoms with Crippen molar-refractivity contribution in [1.29, 1.82) is 0 Å². The fourth-order valence-corrected chi connectivity index (χ4v) is 1.78. The van der Waals surface area contributed by atoms with Crippen molar-refractivity contribution in [1.82, 2.24) is 10.5 Å². The molecular weight excluding hydrogens is 242 g/mol. The van der Waals surface area contributed by atoms with Gasteiger partial charge in [0.2, 0.25) is 0 Å². The van der Waals surface area contributed by atoms with Crippen LogP contribution in [0, 0.1) is 6.92 Å². The molecule has 2 aromatic rings. The number of benzene rings is 1. The Morgan fingerprint density at radius 1 is 1.32 bits per heavy atom. The van der Waals surface area contributed by atoms with Crippen molar-refractivity contribution in [2.75, 3.05) is 6.54 Å². The fraction of sp³-hybridized carbons (Fsp3) is 0.286. The van der Waals surface area contributed by atoms with Crippen molar-refractivity contribution in [3.05, 3.63) is 52.9 Å². The van der Waals surface area contributed by atoms with Gasteiger partial charge in [-0.05, 0) is 31.0 Å². The van der Waals surface area contributed by atoms with Crippen LogP contribution in [0.1, 0.15) is 27.2 Å². The lowest BCUT2D eigenvalue weighted by molar-refractivity contribution is 0.0949. The topological polar surface area (TPSA) is 81.2 Å². The largest absolute Gasteiger partial charge is 0.361 e. The van der Waals surface area contributed by atoms with Gasteiger partial charge in [-0.15, -0.1) is 0 Å². The van der Waals surface area contributed by atoms with E-state index in [0.717, 1.165) is 12.0 Å². The van der Waals surface area contributed by atoms with Crippen LogP contribution < -0.4 is 11.1 Å². The first-order valence-electron chi connectivity index (χ1n) is 6.18. The molecule has 0 radical (unpaired) electrons. The minimum Gasteiger partial charge on any atom is -0.361 e. The van der Waals surface area contributed by atoms with E-state index in [0.29, 0.717) is 24.4 Å². The molecule has 0 aliphatic heterocycles. The van der Waals surface area contributed by atoms with Gasteiger partial charge in [0.1, 0.15) is 11.3 Å². The number of aromatic nitrogens is 1. The van der Waals surface area contributed by atoms with Crippen molar-refractivity contribution in [2.24, 2.45) is 5.73 Å². The van der Waals surface area contributed by atoms with Gasteiger partial charge in [-0.25, -0.2) is 0 Å². The molecule has 0 bridgehead atoms. The summed E-state index contributed by atoms with van der Waals surface area (Å²) in [6.45, 7) is 2.83. The zero-order chi connectivity index (χ0) is 13.7. The van der Waals surface area contributed by atoms with Gasteiger partial charge in [0.05, 0.1) is 6.20 Å². The molecule has 1 aromatic heterocycles. The van der Waals surface area contributed by atoms with Crippen LogP contribution in [0.3, 0.4) is 0 Å². The number of hydrogen-bond donors (Lipinski definition) is 2. The standard InChI is InChI=1S/C14H17N3O2/c1-10-13(9-17-19-10)14(18)16-8-12-4-2-11(3-5-12)6-7-15/h2-5,9H,6-8,15H2,1H3,(H,16,18). The number of carbonyl (C=O) groups is 1. The van der Waals surface area contributed by atoms with E-state index in [1.54, 1.807) is 6.92 Å².